The minimum atomic E-state index is 0.552. The van der Waals surface area contributed by atoms with Gasteiger partial charge in [-0.3, -0.25) is 0 Å². The molecule has 0 rings (SSSR count). The lowest BCUT2D eigenvalue weighted by atomic mass is 10.7. The zero-order chi connectivity index (χ0) is 4.12. The van der Waals surface area contributed by atoms with Gasteiger partial charge in [0, 0.05) is 0 Å². The molecule has 0 radical (unpaired) electrons. The van der Waals surface area contributed by atoms with Gasteiger partial charge >= 0.3 is 0 Å². The molecule has 0 heterocycles. The fourth-order valence-corrected chi connectivity index (χ4v) is 0.0745. The van der Waals surface area contributed by atoms with Crippen LogP contribution < -0.4 is 5.73 Å². The van der Waals surface area contributed by atoms with Crippen LogP contribution in [0.5, 0.6) is 0 Å². The van der Waals surface area contributed by atoms with Gasteiger partial charge in [-0.2, -0.15) is 0 Å². The maximum absolute atomic E-state index is 4.97. The van der Waals surface area contributed by atoms with Gasteiger partial charge in [-0.25, -0.2) is 0 Å². The van der Waals surface area contributed by atoms with E-state index in [1.807, 2.05) is 0 Å². The molecule has 0 bridgehead atoms. The molecular weight excluding hydrogens is 64.0 g/mol. The summed E-state index contributed by atoms with van der Waals surface area (Å²) in [5.41, 5.74) is 4.97. The summed E-state index contributed by atoms with van der Waals surface area (Å²) in [5.74, 6) is 0. The highest BCUT2D eigenvalue weighted by molar-refractivity contribution is 4.64. The van der Waals surface area contributed by atoms with Crippen LogP contribution in [0.4, 0.5) is 0 Å². The van der Waals surface area contributed by atoms with Gasteiger partial charge in [0.2, 0.25) is 0 Å². The Hall–Kier alpha value is -0.550. The number of hydrogen-bond donors (Lipinski definition) is 1. The van der Waals surface area contributed by atoms with Gasteiger partial charge in [-0.1, -0.05) is 4.85 Å². The number of hydrogen-bond acceptors (Lipinski definition) is 1. The summed E-state index contributed by atoms with van der Waals surface area (Å²) in [6.07, 6.45) is 0. The molecule has 0 aliphatic carbocycles. The largest absolute Gasteiger partial charge is 0.324 e. The second kappa shape index (κ2) is 3.45. The third-order valence-corrected chi connectivity index (χ3v) is 0.258. The van der Waals surface area contributed by atoms with Crippen LogP contribution in [-0.4, -0.2) is 13.1 Å². The minimum absolute atomic E-state index is 0.552. The standard InChI is InChI=1S/C3H7N2/c1-5-3-2-4/h1H,2-4H2/q+1. The molecule has 0 aliphatic heterocycles. The highest BCUT2D eigenvalue weighted by Crippen LogP contribution is 1.53. The van der Waals surface area contributed by atoms with Gasteiger partial charge in [0.25, 0.3) is 13.1 Å². The molecule has 0 spiro atoms. The first-order chi connectivity index (χ1) is 2.41. The number of nitrogens with zero attached hydrogens (tertiary/aromatic N) is 1. The molecule has 0 fully saturated rings. The quantitative estimate of drug-likeness (QED) is 0.460. The number of rotatable bonds is 1. The molecule has 0 saturated heterocycles. The summed E-state index contributed by atoms with van der Waals surface area (Å²) in [7, 11) is 0. The lowest BCUT2D eigenvalue weighted by molar-refractivity contribution is 1.08. The van der Waals surface area contributed by atoms with E-state index in [0.717, 1.165) is 0 Å². The molecule has 0 aromatic rings. The summed E-state index contributed by atoms with van der Waals surface area (Å²) in [4.78, 5) is 3.23. The van der Waals surface area contributed by atoms with E-state index >= 15 is 0 Å². The fraction of sp³-hybridized carbons (Fsp3) is 0.667. The third kappa shape index (κ3) is 3.45. The van der Waals surface area contributed by atoms with Crippen LogP contribution >= 0.6 is 0 Å². The highest BCUT2D eigenvalue weighted by Gasteiger charge is 1.74. The summed E-state index contributed by atoms with van der Waals surface area (Å²) >= 11 is 0. The fourth-order valence-electron chi connectivity index (χ4n) is 0.0745. The Labute approximate surface area is 31.4 Å². The Morgan fingerprint density at radius 3 is 2.40 bits per heavy atom. The second-order valence-corrected chi connectivity index (χ2v) is 0.695. The molecule has 0 unspecified atom stereocenters. The van der Waals surface area contributed by atoms with E-state index in [2.05, 4.69) is 11.4 Å². The zero-order valence-electron chi connectivity index (χ0n) is 3.02. The monoisotopic (exact) mass is 71.1 g/mol. The van der Waals surface area contributed by atoms with Crippen molar-refractivity contribution >= 4 is 0 Å². The first-order valence-corrected chi connectivity index (χ1v) is 1.48. The predicted molar refractivity (Wildman–Crippen MR) is 22.2 cm³/mol. The van der Waals surface area contributed by atoms with Crippen molar-refractivity contribution < 1.29 is 0 Å². The van der Waals surface area contributed by atoms with Crippen LogP contribution in [-0.2, 0) is 0 Å². The first-order valence-electron chi connectivity index (χ1n) is 1.48. The smallest absolute Gasteiger partial charge is 0.275 e. The molecule has 2 N–H and O–H groups in total. The van der Waals surface area contributed by atoms with Crippen molar-refractivity contribution in [3.8, 4) is 6.57 Å². The van der Waals surface area contributed by atoms with Gasteiger partial charge in [-0.15, -0.1) is 0 Å². The van der Waals surface area contributed by atoms with E-state index < -0.39 is 0 Å². The van der Waals surface area contributed by atoms with Crippen molar-refractivity contribution in [2.45, 2.75) is 0 Å². The molecule has 2 nitrogen and oxygen atoms in total. The Morgan fingerprint density at radius 2 is 2.40 bits per heavy atom. The topological polar surface area (TPSA) is 30.4 Å². The van der Waals surface area contributed by atoms with E-state index in [9.17, 15) is 0 Å². The Balaban J connectivity index is 2.48. The third-order valence-electron chi connectivity index (χ3n) is 0.258. The van der Waals surface area contributed by atoms with E-state index in [1.54, 1.807) is 0 Å². The second-order valence-electron chi connectivity index (χ2n) is 0.695. The van der Waals surface area contributed by atoms with Crippen LogP contribution in [0.3, 0.4) is 0 Å². The molecular formula is C3H7N2+. The highest BCUT2D eigenvalue weighted by atomic mass is 14.7. The van der Waals surface area contributed by atoms with Gasteiger partial charge in [0.15, 0.2) is 0 Å². The minimum Gasteiger partial charge on any atom is -0.324 e. The summed E-state index contributed by atoms with van der Waals surface area (Å²) in [6.45, 7) is 5.81. The van der Waals surface area contributed by atoms with Gasteiger partial charge in [0.1, 0.15) is 0 Å². The maximum Gasteiger partial charge on any atom is 0.275 e. The van der Waals surface area contributed by atoms with Crippen LogP contribution in [0.1, 0.15) is 0 Å². The average Bonchev–Trinajstić information content (AvgIpc) is 1.41. The molecule has 0 atom stereocenters. The SMILES string of the molecule is C#[N+]CCN. The van der Waals surface area contributed by atoms with Crippen molar-refractivity contribution in [2.75, 3.05) is 13.1 Å². The predicted octanol–water partition coefficient (Wildman–Crippen LogP) is -0.0922. The van der Waals surface area contributed by atoms with Crippen LogP contribution in [0, 0.1) is 6.57 Å². The van der Waals surface area contributed by atoms with Crippen molar-refractivity contribution in [3.63, 3.8) is 0 Å². The lowest BCUT2D eigenvalue weighted by Gasteiger charge is -1.60. The molecule has 2 heteroatoms. The lowest BCUT2D eigenvalue weighted by Crippen LogP contribution is -1.99. The normalized spacial score (nSPS) is 6.40. The summed E-state index contributed by atoms with van der Waals surface area (Å²) in [5, 5.41) is 0. The Bertz CT molecular complexity index is 43.3. The van der Waals surface area contributed by atoms with Crippen LogP contribution in [0.2, 0.25) is 0 Å². The summed E-state index contributed by atoms with van der Waals surface area (Å²) in [6, 6.07) is 0. The van der Waals surface area contributed by atoms with Crippen molar-refractivity contribution in [3.05, 3.63) is 4.85 Å². The molecule has 0 aromatic heterocycles. The van der Waals surface area contributed by atoms with Crippen LogP contribution in [0.15, 0.2) is 0 Å². The maximum atomic E-state index is 4.97. The van der Waals surface area contributed by atoms with Gasteiger partial charge < -0.3 is 5.73 Å². The molecule has 28 valence electrons. The number of nitrogens with two attached hydrogens (primary N) is 1. The zero-order valence-corrected chi connectivity index (χ0v) is 3.02. The van der Waals surface area contributed by atoms with E-state index in [0.29, 0.717) is 13.1 Å². The van der Waals surface area contributed by atoms with Crippen molar-refractivity contribution in [1.29, 1.82) is 0 Å². The molecule has 5 heavy (non-hydrogen) atoms. The van der Waals surface area contributed by atoms with Crippen molar-refractivity contribution in [2.24, 2.45) is 5.73 Å². The molecule has 0 aromatic carbocycles. The summed E-state index contributed by atoms with van der Waals surface area (Å²) < 4.78 is 0. The Morgan fingerprint density at radius 1 is 1.80 bits per heavy atom. The first kappa shape index (κ1) is 4.45. The van der Waals surface area contributed by atoms with E-state index in [4.69, 9.17) is 5.73 Å². The Kier molecular flexibility index (Phi) is 3.07. The van der Waals surface area contributed by atoms with Crippen molar-refractivity contribution in [1.82, 2.24) is 0 Å². The molecule has 0 amide bonds. The molecule has 0 aliphatic rings. The van der Waals surface area contributed by atoms with Crippen LogP contribution in [0.25, 0.3) is 4.85 Å². The van der Waals surface area contributed by atoms with Gasteiger partial charge in [-0.05, 0) is 0 Å². The van der Waals surface area contributed by atoms with Gasteiger partial charge in [0.05, 0.1) is 6.54 Å². The average molecular weight is 71.1 g/mol. The molecule has 0 saturated carbocycles. The van der Waals surface area contributed by atoms with E-state index in [-0.39, 0.29) is 0 Å². The van der Waals surface area contributed by atoms with E-state index in [1.165, 1.54) is 0 Å².